The summed E-state index contributed by atoms with van der Waals surface area (Å²) in [5.74, 6) is -0.963. The number of hydrogen-bond donors (Lipinski definition) is 0. The number of nitriles is 1. The SMILES string of the molecule is N#Cc1ccc(N2CC[C@H](OC(=O)c3cnc4ccccc4n3)C2=O)cc1. The summed E-state index contributed by atoms with van der Waals surface area (Å²) in [6.45, 7) is 0.437. The van der Waals surface area contributed by atoms with E-state index in [2.05, 4.69) is 9.97 Å². The predicted molar refractivity (Wildman–Crippen MR) is 96.9 cm³/mol. The van der Waals surface area contributed by atoms with Gasteiger partial charge in [0.1, 0.15) is 0 Å². The lowest BCUT2D eigenvalue weighted by Crippen LogP contribution is -2.32. The number of rotatable bonds is 3. The van der Waals surface area contributed by atoms with E-state index in [0.717, 1.165) is 0 Å². The van der Waals surface area contributed by atoms with Crippen molar-refractivity contribution in [2.24, 2.45) is 0 Å². The Morgan fingerprint density at radius 1 is 1.15 bits per heavy atom. The van der Waals surface area contributed by atoms with Crippen LogP contribution in [-0.2, 0) is 9.53 Å². The van der Waals surface area contributed by atoms with Crippen LogP contribution in [0.2, 0.25) is 0 Å². The number of esters is 1. The predicted octanol–water partition coefficient (Wildman–Crippen LogP) is 2.46. The smallest absolute Gasteiger partial charge is 0.359 e. The molecule has 0 N–H and O–H groups in total. The maximum absolute atomic E-state index is 12.6. The lowest BCUT2D eigenvalue weighted by atomic mass is 10.2. The molecule has 0 spiro atoms. The fourth-order valence-corrected chi connectivity index (χ4v) is 2.98. The summed E-state index contributed by atoms with van der Waals surface area (Å²) in [4.78, 5) is 35.0. The fourth-order valence-electron chi connectivity index (χ4n) is 2.98. The van der Waals surface area contributed by atoms with E-state index in [1.54, 1.807) is 41.3 Å². The Morgan fingerprint density at radius 3 is 2.63 bits per heavy atom. The first kappa shape index (κ1) is 16.7. The Hall–Kier alpha value is -3.79. The summed E-state index contributed by atoms with van der Waals surface area (Å²) >= 11 is 0. The van der Waals surface area contributed by atoms with Gasteiger partial charge >= 0.3 is 5.97 Å². The van der Waals surface area contributed by atoms with E-state index in [4.69, 9.17) is 10.00 Å². The van der Waals surface area contributed by atoms with E-state index in [0.29, 0.717) is 35.2 Å². The molecule has 27 heavy (non-hydrogen) atoms. The van der Waals surface area contributed by atoms with E-state index in [-0.39, 0.29) is 11.6 Å². The normalized spacial score (nSPS) is 16.3. The maximum Gasteiger partial charge on any atom is 0.359 e. The number of carbonyl (C=O) groups is 2. The van der Waals surface area contributed by atoms with Crippen LogP contribution in [0.1, 0.15) is 22.5 Å². The van der Waals surface area contributed by atoms with Gasteiger partial charge in [-0.05, 0) is 36.4 Å². The van der Waals surface area contributed by atoms with Gasteiger partial charge in [0.2, 0.25) is 0 Å². The first-order valence-corrected chi connectivity index (χ1v) is 8.40. The number of ether oxygens (including phenoxy) is 1. The lowest BCUT2D eigenvalue weighted by Gasteiger charge is -2.16. The van der Waals surface area contributed by atoms with Gasteiger partial charge in [-0.1, -0.05) is 12.1 Å². The van der Waals surface area contributed by atoms with Crippen LogP contribution in [0.5, 0.6) is 0 Å². The zero-order chi connectivity index (χ0) is 18.8. The molecule has 1 aliphatic heterocycles. The second-order valence-corrected chi connectivity index (χ2v) is 6.08. The Labute approximate surface area is 154 Å². The van der Waals surface area contributed by atoms with Gasteiger partial charge in [-0.15, -0.1) is 0 Å². The number of fused-ring (bicyclic) bond motifs is 1. The van der Waals surface area contributed by atoms with E-state index in [1.807, 2.05) is 18.2 Å². The molecule has 7 heteroatoms. The standard InChI is InChI=1S/C20H14N4O3/c21-11-13-5-7-14(8-6-13)24-10-9-18(19(24)25)27-20(26)17-12-22-15-3-1-2-4-16(15)23-17/h1-8,12,18H,9-10H2/t18-/m0/s1. The van der Waals surface area contributed by atoms with Gasteiger partial charge in [-0.2, -0.15) is 5.26 Å². The van der Waals surface area contributed by atoms with Crippen molar-refractivity contribution in [3.05, 3.63) is 66.0 Å². The Bertz CT molecular complexity index is 1070. The van der Waals surface area contributed by atoms with E-state index >= 15 is 0 Å². The molecule has 3 aromatic rings. The van der Waals surface area contributed by atoms with Crippen molar-refractivity contribution in [3.8, 4) is 6.07 Å². The number of hydrogen-bond acceptors (Lipinski definition) is 6. The van der Waals surface area contributed by atoms with Crippen LogP contribution in [-0.4, -0.2) is 34.5 Å². The van der Waals surface area contributed by atoms with Gasteiger partial charge in [0.25, 0.3) is 5.91 Å². The molecule has 0 radical (unpaired) electrons. The number of anilines is 1. The molecule has 2 aromatic carbocycles. The van der Waals surface area contributed by atoms with Crippen molar-refractivity contribution >= 4 is 28.6 Å². The molecular weight excluding hydrogens is 344 g/mol. The topological polar surface area (TPSA) is 96.2 Å². The summed E-state index contributed by atoms with van der Waals surface area (Å²) in [6, 6.07) is 15.9. The van der Waals surface area contributed by atoms with Crippen molar-refractivity contribution < 1.29 is 14.3 Å². The van der Waals surface area contributed by atoms with Crippen molar-refractivity contribution in [3.63, 3.8) is 0 Å². The van der Waals surface area contributed by atoms with E-state index in [9.17, 15) is 9.59 Å². The zero-order valence-electron chi connectivity index (χ0n) is 14.2. The number of nitrogens with zero attached hydrogens (tertiary/aromatic N) is 4. The minimum absolute atomic E-state index is 0.0679. The van der Waals surface area contributed by atoms with E-state index in [1.165, 1.54) is 6.20 Å². The molecule has 0 unspecified atom stereocenters. The quantitative estimate of drug-likeness (QED) is 0.667. The van der Waals surface area contributed by atoms with Crippen molar-refractivity contribution in [1.29, 1.82) is 5.26 Å². The lowest BCUT2D eigenvalue weighted by molar-refractivity contribution is -0.124. The number of carbonyl (C=O) groups excluding carboxylic acids is 2. The highest BCUT2D eigenvalue weighted by Gasteiger charge is 2.36. The van der Waals surface area contributed by atoms with Gasteiger partial charge in [0, 0.05) is 18.7 Å². The second-order valence-electron chi connectivity index (χ2n) is 6.08. The molecule has 1 saturated heterocycles. The second kappa shape index (κ2) is 6.84. The minimum Gasteiger partial charge on any atom is -0.447 e. The van der Waals surface area contributed by atoms with Gasteiger partial charge in [0.15, 0.2) is 11.8 Å². The van der Waals surface area contributed by atoms with Crippen LogP contribution in [0.15, 0.2) is 54.7 Å². The molecule has 0 saturated carbocycles. The van der Waals surface area contributed by atoms with Crippen LogP contribution >= 0.6 is 0 Å². The van der Waals surface area contributed by atoms with Crippen molar-refractivity contribution in [2.45, 2.75) is 12.5 Å². The monoisotopic (exact) mass is 358 g/mol. The summed E-state index contributed by atoms with van der Waals surface area (Å²) < 4.78 is 5.37. The molecule has 1 amide bonds. The molecule has 4 rings (SSSR count). The number of aromatic nitrogens is 2. The molecule has 1 aliphatic rings. The highest BCUT2D eigenvalue weighted by molar-refractivity contribution is 6.01. The number of amides is 1. The third-order valence-corrected chi connectivity index (χ3v) is 4.37. The van der Waals surface area contributed by atoms with Gasteiger partial charge in [-0.25, -0.2) is 9.78 Å². The van der Waals surface area contributed by atoms with Crippen LogP contribution in [0.4, 0.5) is 5.69 Å². The molecular formula is C20H14N4O3. The molecule has 1 atom stereocenters. The van der Waals surface area contributed by atoms with E-state index < -0.39 is 12.1 Å². The third-order valence-electron chi connectivity index (χ3n) is 4.37. The Morgan fingerprint density at radius 2 is 1.89 bits per heavy atom. The Kier molecular flexibility index (Phi) is 4.22. The molecule has 132 valence electrons. The van der Waals surface area contributed by atoms with Crippen LogP contribution in [0.25, 0.3) is 11.0 Å². The molecule has 1 fully saturated rings. The first-order chi connectivity index (χ1) is 13.2. The molecule has 1 aromatic heterocycles. The third kappa shape index (κ3) is 3.20. The highest BCUT2D eigenvalue weighted by Crippen LogP contribution is 2.24. The van der Waals surface area contributed by atoms with Crippen LogP contribution < -0.4 is 4.90 Å². The maximum atomic E-state index is 12.6. The summed E-state index contributed by atoms with van der Waals surface area (Å²) in [5.41, 5.74) is 2.52. The average Bonchev–Trinajstić information content (AvgIpc) is 3.08. The first-order valence-electron chi connectivity index (χ1n) is 8.40. The summed E-state index contributed by atoms with van der Waals surface area (Å²) in [7, 11) is 0. The summed E-state index contributed by atoms with van der Waals surface area (Å²) in [5, 5.41) is 8.86. The van der Waals surface area contributed by atoms with Crippen LogP contribution in [0.3, 0.4) is 0 Å². The van der Waals surface area contributed by atoms with Crippen molar-refractivity contribution in [2.75, 3.05) is 11.4 Å². The number of para-hydroxylation sites is 2. The molecule has 0 aliphatic carbocycles. The molecule has 0 bridgehead atoms. The number of benzene rings is 2. The van der Waals surface area contributed by atoms with Gasteiger partial charge in [0.05, 0.1) is 28.9 Å². The van der Waals surface area contributed by atoms with Crippen molar-refractivity contribution in [1.82, 2.24) is 9.97 Å². The highest BCUT2D eigenvalue weighted by atomic mass is 16.5. The van der Waals surface area contributed by atoms with Gasteiger partial charge in [-0.3, -0.25) is 9.78 Å². The molecule has 7 nitrogen and oxygen atoms in total. The fraction of sp³-hybridized carbons (Fsp3) is 0.150. The average molecular weight is 358 g/mol. The van der Waals surface area contributed by atoms with Crippen LogP contribution in [0, 0.1) is 11.3 Å². The minimum atomic E-state index is -0.860. The Balaban J connectivity index is 1.48. The van der Waals surface area contributed by atoms with Gasteiger partial charge < -0.3 is 9.64 Å². The summed E-state index contributed by atoms with van der Waals surface area (Å²) in [6.07, 6.45) is 0.884. The molecule has 2 heterocycles. The largest absolute Gasteiger partial charge is 0.447 e. The zero-order valence-corrected chi connectivity index (χ0v) is 14.2.